The van der Waals surface area contributed by atoms with Gasteiger partial charge in [-0.25, -0.2) is 9.59 Å². The summed E-state index contributed by atoms with van der Waals surface area (Å²) in [6, 6.07) is 21.8. The number of amides is 1. The molecule has 3 aromatic rings. The summed E-state index contributed by atoms with van der Waals surface area (Å²) in [5.74, 6) is -1.51. The van der Waals surface area contributed by atoms with Gasteiger partial charge < -0.3 is 25.2 Å². The molecule has 3 N–H and O–H groups in total. The van der Waals surface area contributed by atoms with Crippen molar-refractivity contribution in [3.8, 4) is 11.1 Å². The first-order chi connectivity index (χ1) is 21.4. The number of carboxylic acid groups (broad SMARTS) is 1. The van der Waals surface area contributed by atoms with Crippen LogP contribution in [0.15, 0.2) is 72.8 Å². The minimum absolute atomic E-state index is 0. The van der Waals surface area contributed by atoms with Gasteiger partial charge in [-0.3, -0.25) is 4.79 Å². The van der Waals surface area contributed by atoms with Crippen LogP contribution in [0.25, 0.3) is 11.1 Å². The molecular formula is C36H45LiN2O6S. The van der Waals surface area contributed by atoms with Crippen molar-refractivity contribution in [3.63, 3.8) is 0 Å². The van der Waals surface area contributed by atoms with Gasteiger partial charge >= 0.3 is 30.8 Å². The van der Waals surface area contributed by atoms with Crippen molar-refractivity contribution in [2.24, 2.45) is 0 Å². The van der Waals surface area contributed by atoms with Crippen molar-refractivity contribution in [1.29, 1.82) is 0 Å². The van der Waals surface area contributed by atoms with Crippen molar-refractivity contribution in [2.75, 3.05) is 25.1 Å². The van der Waals surface area contributed by atoms with Gasteiger partial charge in [0.15, 0.2) is 6.10 Å². The molecule has 1 saturated heterocycles. The SMILES string of the molecule is CSCCC(NC(=O)c1ccc(C(OC2(c3ccccc3)CCNCC2)C(=O)OC(C)(C)C)cc1-c1ccccc1C)C(=O)O.[LiH]. The third-order valence-electron chi connectivity index (χ3n) is 7.92. The van der Waals surface area contributed by atoms with Gasteiger partial charge in [-0.1, -0.05) is 60.7 Å². The molecular weight excluding hydrogens is 595 g/mol. The molecule has 10 heteroatoms. The van der Waals surface area contributed by atoms with Crippen LogP contribution in [0, 0.1) is 6.92 Å². The van der Waals surface area contributed by atoms with Crippen LogP contribution in [-0.2, 0) is 24.7 Å². The summed E-state index contributed by atoms with van der Waals surface area (Å²) in [4.78, 5) is 39.6. The van der Waals surface area contributed by atoms with Gasteiger partial charge in [0.2, 0.25) is 0 Å². The molecule has 2 unspecified atom stereocenters. The quantitative estimate of drug-likeness (QED) is 0.173. The maximum atomic E-state index is 14.0. The normalized spacial score (nSPS) is 15.6. The Balaban J connectivity index is 0.00000576. The van der Waals surface area contributed by atoms with Crippen LogP contribution in [0.4, 0.5) is 0 Å². The first-order valence-corrected chi connectivity index (χ1v) is 16.7. The van der Waals surface area contributed by atoms with Gasteiger partial charge in [-0.05, 0) is 112 Å². The summed E-state index contributed by atoms with van der Waals surface area (Å²) in [5.41, 5.74) is 2.65. The van der Waals surface area contributed by atoms with Crippen LogP contribution in [0.3, 0.4) is 0 Å². The summed E-state index contributed by atoms with van der Waals surface area (Å²) < 4.78 is 12.8. The van der Waals surface area contributed by atoms with Crippen molar-refractivity contribution >= 4 is 48.5 Å². The standard InChI is InChI=1S/C36H44N2O6S.Li.H/c1-24-11-9-10-14-27(24)29-23-25(15-16-28(29)32(39)38-30(33(40)41)17-22-45-5)31(34(42)44-35(2,3)4)43-36(18-20-37-21-19-36)26-12-7-6-8-13-26;;/h6-16,23,30-31,37H,17-22H2,1-5H3,(H,38,39)(H,40,41);;. The predicted octanol–water partition coefficient (Wildman–Crippen LogP) is 5.63. The predicted molar refractivity (Wildman–Crippen MR) is 186 cm³/mol. The van der Waals surface area contributed by atoms with Gasteiger partial charge in [0.05, 0.1) is 5.60 Å². The molecule has 0 spiro atoms. The molecule has 0 aliphatic carbocycles. The van der Waals surface area contributed by atoms with Gasteiger partial charge in [-0.2, -0.15) is 11.8 Å². The fourth-order valence-corrected chi connectivity index (χ4v) is 6.10. The molecule has 0 bridgehead atoms. The van der Waals surface area contributed by atoms with Crippen LogP contribution in [0.2, 0.25) is 0 Å². The number of aliphatic carboxylic acids is 1. The van der Waals surface area contributed by atoms with E-state index in [1.165, 1.54) is 11.8 Å². The number of carbonyl (C=O) groups excluding carboxylic acids is 2. The zero-order chi connectivity index (χ0) is 32.6. The summed E-state index contributed by atoms with van der Waals surface area (Å²) in [5, 5.41) is 15.9. The zero-order valence-corrected chi connectivity index (χ0v) is 27.5. The van der Waals surface area contributed by atoms with Crippen LogP contribution < -0.4 is 10.6 Å². The second-order valence-electron chi connectivity index (χ2n) is 12.4. The van der Waals surface area contributed by atoms with Crippen molar-refractivity contribution < 1.29 is 29.0 Å². The minimum atomic E-state index is -1.09. The van der Waals surface area contributed by atoms with E-state index in [2.05, 4.69) is 10.6 Å². The molecule has 2 atom stereocenters. The van der Waals surface area contributed by atoms with E-state index in [-0.39, 0.29) is 18.9 Å². The molecule has 1 fully saturated rings. The zero-order valence-electron chi connectivity index (χ0n) is 26.7. The number of esters is 1. The Kier molecular flexibility index (Phi) is 13.5. The number of ether oxygens (including phenoxy) is 2. The fourth-order valence-electron chi connectivity index (χ4n) is 5.63. The number of benzene rings is 3. The van der Waals surface area contributed by atoms with E-state index >= 15 is 0 Å². The van der Waals surface area contributed by atoms with E-state index in [0.29, 0.717) is 41.7 Å². The summed E-state index contributed by atoms with van der Waals surface area (Å²) in [6.07, 6.45) is 2.42. The molecule has 8 nitrogen and oxygen atoms in total. The molecule has 0 aromatic heterocycles. The second-order valence-corrected chi connectivity index (χ2v) is 13.4. The van der Waals surface area contributed by atoms with Gasteiger partial charge in [0.1, 0.15) is 11.6 Å². The number of aryl methyl sites for hydroxylation is 1. The second kappa shape index (κ2) is 16.7. The van der Waals surface area contributed by atoms with Crippen molar-refractivity contribution in [2.45, 2.75) is 70.3 Å². The monoisotopic (exact) mass is 640 g/mol. The topological polar surface area (TPSA) is 114 Å². The van der Waals surface area contributed by atoms with E-state index in [1.807, 2.05) is 94.6 Å². The molecule has 4 rings (SSSR count). The third-order valence-corrected chi connectivity index (χ3v) is 8.56. The molecule has 1 aliphatic heterocycles. The number of nitrogens with one attached hydrogen (secondary N) is 2. The van der Waals surface area contributed by atoms with Gasteiger partial charge in [0, 0.05) is 5.56 Å². The number of piperidine rings is 1. The molecule has 1 amide bonds. The number of carboxylic acids is 1. The first kappa shape index (κ1) is 37.4. The maximum absolute atomic E-state index is 14.0. The Morgan fingerprint density at radius 2 is 1.63 bits per heavy atom. The third kappa shape index (κ3) is 9.49. The number of hydrogen-bond acceptors (Lipinski definition) is 7. The average Bonchev–Trinajstić information content (AvgIpc) is 3.01. The van der Waals surface area contributed by atoms with Crippen molar-refractivity contribution in [3.05, 3.63) is 95.1 Å². The van der Waals surface area contributed by atoms with Crippen LogP contribution in [-0.4, -0.2) is 78.6 Å². The molecule has 242 valence electrons. The summed E-state index contributed by atoms with van der Waals surface area (Å²) >= 11 is 1.52. The number of rotatable bonds is 12. The Labute approximate surface area is 288 Å². The summed E-state index contributed by atoms with van der Waals surface area (Å²) in [6.45, 7) is 8.86. The first-order valence-electron chi connectivity index (χ1n) is 15.3. The van der Waals surface area contributed by atoms with E-state index in [0.717, 1.165) is 29.8 Å². The van der Waals surface area contributed by atoms with Gasteiger partial charge in [0.25, 0.3) is 5.91 Å². The van der Waals surface area contributed by atoms with E-state index in [9.17, 15) is 19.5 Å². The van der Waals surface area contributed by atoms with E-state index in [1.54, 1.807) is 12.1 Å². The van der Waals surface area contributed by atoms with Crippen molar-refractivity contribution in [1.82, 2.24) is 10.6 Å². The Morgan fingerprint density at radius 3 is 2.24 bits per heavy atom. The molecule has 1 aliphatic rings. The Morgan fingerprint density at radius 1 is 0.978 bits per heavy atom. The summed E-state index contributed by atoms with van der Waals surface area (Å²) in [7, 11) is 0. The van der Waals surface area contributed by atoms with E-state index < -0.39 is 41.2 Å². The number of carbonyl (C=O) groups is 3. The van der Waals surface area contributed by atoms with Crippen LogP contribution in [0.1, 0.15) is 73.2 Å². The van der Waals surface area contributed by atoms with Crippen LogP contribution in [0.5, 0.6) is 0 Å². The number of thioether (sulfide) groups is 1. The van der Waals surface area contributed by atoms with Gasteiger partial charge in [-0.15, -0.1) is 0 Å². The molecule has 0 saturated carbocycles. The van der Waals surface area contributed by atoms with E-state index in [4.69, 9.17) is 9.47 Å². The molecule has 3 aromatic carbocycles. The Hall–Kier alpha value is -3.06. The average molecular weight is 641 g/mol. The fraction of sp³-hybridized carbons (Fsp3) is 0.417. The number of hydrogen-bond donors (Lipinski definition) is 3. The molecule has 0 radical (unpaired) electrons. The molecule has 1 heterocycles. The molecule has 46 heavy (non-hydrogen) atoms. The van der Waals surface area contributed by atoms with Crippen LogP contribution >= 0.6 is 11.8 Å². The Bertz CT molecular complexity index is 1490.